The average molecular weight is 222 g/mol. The molecule has 0 fully saturated rings. The summed E-state index contributed by atoms with van der Waals surface area (Å²) in [5.41, 5.74) is 1.10. The monoisotopic (exact) mass is 222 g/mol. The third kappa shape index (κ3) is 2.98. The number of carbonyl (C=O) groups is 1. The maximum absolute atomic E-state index is 11.2. The van der Waals surface area contributed by atoms with Gasteiger partial charge in [-0.05, 0) is 17.7 Å². The van der Waals surface area contributed by atoms with Crippen LogP contribution < -0.4 is 10.6 Å². The van der Waals surface area contributed by atoms with Gasteiger partial charge in [0, 0.05) is 6.42 Å². The number of nitrogens with two attached hydrogens (primary N) is 1. The van der Waals surface area contributed by atoms with Crippen molar-refractivity contribution in [1.29, 1.82) is 0 Å². The van der Waals surface area contributed by atoms with E-state index in [0.29, 0.717) is 6.42 Å². The third-order valence-corrected chi connectivity index (χ3v) is 2.11. The first-order valence-electron chi connectivity index (χ1n) is 4.69. The van der Waals surface area contributed by atoms with Crippen molar-refractivity contribution in [2.24, 2.45) is 10.9 Å². The van der Waals surface area contributed by atoms with Gasteiger partial charge in [-0.3, -0.25) is 0 Å². The largest absolute Gasteiger partial charge is 0.497 e. The summed E-state index contributed by atoms with van der Waals surface area (Å²) in [5.74, 6) is 5.36. The van der Waals surface area contributed by atoms with Crippen LogP contribution in [0.2, 0.25) is 0 Å². The zero-order valence-electron chi connectivity index (χ0n) is 9.27. The van der Waals surface area contributed by atoms with Gasteiger partial charge in [0.25, 0.3) is 0 Å². The van der Waals surface area contributed by atoms with E-state index in [1.54, 1.807) is 19.2 Å². The molecule has 0 aliphatic heterocycles. The summed E-state index contributed by atoms with van der Waals surface area (Å²) >= 11 is 0. The Morgan fingerprint density at radius 2 is 1.94 bits per heavy atom. The van der Waals surface area contributed by atoms with Crippen molar-refractivity contribution in [3.8, 4) is 5.75 Å². The molecule has 0 radical (unpaired) electrons. The molecule has 1 aromatic carbocycles. The second-order valence-electron chi connectivity index (χ2n) is 3.09. The van der Waals surface area contributed by atoms with Crippen molar-refractivity contribution in [2.75, 3.05) is 14.2 Å². The SMILES string of the molecule is COC(=O)/C(Cc1ccc(OC)cc1)=N/N. The number of ether oxygens (including phenoxy) is 2. The van der Waals surface area contributed by atoms with Crippen LogP contribution in [0, 0.1) is 0 Å². The van der Waals surface area contributed by atoms with E-state index >= 15 is 0 Å². The van der Waals surface area contributed by atoms with Crippen LogP contribution in [0.25, 0.3) is 0 Å². The first-order valence-corrected chi connectivity index (χ1v) is 4.69. The van der Waals surface area contributed by atoms with Crippen LogP contribution in [0.1, 0.15) is 5.56 Å². The van der Waals surface area contributed by atoms with Crippen molar-refractivity contribution in [3.05, 3.63) is 29.8 Å². The number of carbonyl (C=O) groups excluding carboxylic acids is 1. The van der Waals surface area contributed by atoms with E-state index in [0.717, 1.165) is 11.3 Å². The van der Waals surface area contributed by atoms with Gasteiger partial charge in [0.15, 0.2) is 0 Å². The molecule has 0 aromatic heterocycles. The molecule has 86 valence electrons. The highest BCUT2D eigenvalue weighted by molar-refractivity contribution is 6.36. The van der Waals surface area contributed by atoms with Gasteiger partial charge < -0.3 is 15.3 Å². The van der Waals surface area contributed by atoms with Crippen LogP contribution in [-0.2, 0) is 16.0 Å². The molecule has 0 unspecified atom stereocenters. The van der Waals surface area contributed by atoms with Gasteiger partial charge in [-0.2, -0.15) is 5.10 Å². The molecule has 0 saturated heterocycles. The molecule has 5 heteroatoms. The molecule has 0 aliphatic carbocycles. The zero-order valence-corrected chi connectivity index (χ0v) is 9.27. The first kappa shape index (κ1) is 12.0. The van der Waals surface area contributed by atoms with Gasteiger partial charge >= 0.3 is 5.97 Å². The number of hydrazone groups is 1. The molecule has 5 nitrogen and oxygen atoms in total. The lowest BCUT2D eigenvalue weighted by Crippen LogP contribution is -2.20. The van der Waals surface area contributed by atoms with Gasteiger partial charge in [0.1, 0.15) is 11.5 Å². The van der Waals surface area contributed by atoms with Crippen LogP contribution in [0.5, 0.6) is 5.75 Å². The van der Waals surface area contributed by atoms with Crippen molar-refractivity contribution in [2.45, 2.75) is 6.42 Å². The number of hydrogen-bond donors (Lipinski definition) is 1. The molecular formula is C11H14N2O3. The Morgan fingerprint density at radius 3 is 2.38 bits per heavy atom. The summed E-state index contributed by atoms with van der Waals surface area (Å²) in [6.45, 7) is 0. The maximum atomic E-state index is 11.2. The van der Waals surface area contributed by atoms with Crippen molar-refractivity contribution in [3.63, 3.8) is 0 Å². The lowest BCUT2D eigenvalue weighted by molar-refractivity contribution is -0.132. The second kappa shape index (κ2) is 5.75. The Bertz CT molecular complexity index is 385. The van der Waals surface area contributed by atoms with Crippen molar-refractivity contribution in [1.82, 2.24) is 0 Å². The van der Waals surface area contributed by atoms with E-state index in [2.05, 4.69) is 9.84 Å². The van der Waals surface area contributed by atoms with Crippen LogP contribution in [0.15, 0.2) is 29.4 Å². The number of esters is 1. The summed E-state index contributed by atoms with van der Waals surface area (Å²) in [7, 11) is 2.89. The van der Waals surface area contributed by atoms with Crippen molar-refractivity contribution < 1.29 is 14.3 Å². The Morgan fingerprint density at radius 1 is 1.31 bits per heavy atom. The quantitative estimate of drug-likeness (QED) is 0.352. The standard InChI is InChI=1S/C11H14N2O3/c1-15-9-5-3-8(4-6-9)7-10(13-12)11(14)16-2/h3-6H,7,12H2,1-2H3/b13-10+. The average Bonchev–Trinajstić information content (AvgIpc) is 2.35. The highest BCUT2D eigenvalue weighted by Crippen LogP contribution is 2.12. The molecular weight excluding hydrogens is 208 g/mol. The topological polar surface area (TPSA) is 73.9 Å². The molecule has 0 spiro atoms. The van der Waals surface area contributed by atoms with Gasteiger partial charge in [0.05, 0.1) is 14.2 Å². The van der Waals surface area contributed by atoms with E-state index in [-0.39, 0.29) is 5.71 Å². The second-order valence-corrected chi connectivity index (χ2v) is 3.09. The summed E-state index contributed by atoms with van der Waals surface area (Å²) in [4.78, 5) is 11.2. The summed E-state index contributed by atoms with van der Waals surface area (Å²) in [6, 6.07) is 7.29. The lowest BCUT2D eigenvalue weighted by atomic mass is 10.1. The predicted molar refractivity (Wildman–Crippen MR) is 60.3 cm³/mol. The highest BCUT2D eigenvalue weighted by Gasteiger charge is 2.12. The Labute approximate surface area is 93.9 Å². The minimum atomic E-state index is -0.515. The Balaban J connectivity index is 2.75. The number of benzene rings is 1. The van der Waals surface area contributed by atoms with E-state index in [4.69, 9.17) is 10.6 Å². The van der Waals surface area contributed by atoms with E-state index in [1.807, 2.05) is 12.1 Å². The molecule has 16 heavy (non-hydrogen) atoms. The van der Waals surface area contributed by atoms with Gasteiger partial charge in [-0.1, -0.05) is 12.1 Å². The molecule has 0 aliphatic rings. The summed E-state index contributed by atoms with van der Waals surface area (Å²) in [6.07, 6.45) is 0.340. The van der Waals surface area contributed by atoms with E-state index in [9.17, 15) is 4.79 Å². The van der Waals surface area contributed by atoms with Gasteiger partial charge in [0.2, 0.25) is 0 Å². The maximum Gasteiger partial charge on any atom is 0.354 e. The predicted octanol–water partition coefficient (Wildman–Crippen LogP) is 0.725. The number of rotatable bonds is 4. The molecule has 0 saturated carbocycles. The van der Waals surface area contributed by atoms with Crippen LogP contribution in [-0.4, -0.2) is 25.9 Å². The Kier molecular flexibility index (Phi) is 4.32. The first-order chi connectivity index (χ1) is 7.71. The van der Waals surface area contributed by atoms with E-state index < -0.39 is 5.97 Å². The smallest absolute Gasteiger partial charge is 0.354 e. The van der Waals surface area contributed by atoms with Crippen LogP contribution >= 0.6 is 0 Å². The fraction of sp³-hybridized carbons (Fsp3) is 0.273. The number of nitrogens with zero attached hydrogens (tertiary/aromatic N) is 1. The van der Waals surface area contributed by atoms with Gasteiger partial charge in [-0.25, -0.2) is 4.79 Å². The molecule has 0 bridgehead atoms. The minimum absolute atomic E-state index is 0.188. The summed E-state index contributed by atoms with van der Waals surface area (Å²) in [5, 5.41) is 3.41. The Hall–Kier alpha value is -2.04. The minimum Gasteiger partial charge on any atom is -0.497 e. The van der Waals surface area contributed by atoms with Crippen LogP contribution in [0.4, 0.5) is 0 Å². The van der Waals surface area contributed by atoms with Crippen molar-refractivity contribution >= 4 is 11.7 Å². The molecule has 1 aromatic rings. The highest BCUT2D eigenvalue weighted by atomic mass is 16.5. The molecule has 1 rings (SSSR count). The zero-order chi connectivity index (χ0) is 12.0. The molecule has 2 N–H and O–H groups in total. The fourth-order valence-electron chi connectivity index (χ4n) is 1.23. The fourth-order valence-corrected chi connectivity index (χ4v) is 1.23. The number of methoxy groups -OCH3 is 2. The lowest BCUT2D eigenvalue weighted by Gasteiger charge is -2.04. The summed E-state index contributed by atoms with van der Waals surface area (Å²) < 4.78 is 9.57. The van der Waals surface area contributed by atoms with Crippen LogP contribution in [0.3, 0.4) is 0 Å². The number of hydrogen-bond acceptors (Lipinski definition) is 5. The molecule has 0 atom stereocenters. The molecule has 0 heterocycles. The van der Waals surface area contributed by atoms with E-state index in [1.165, 1.54) is 7.11 Å². The third-order valence-electron chi connectivity index (χ3n) is 2.11. The van der Waals surface area contributed by atoms with Gasteiger partial charge in [-0.15, -0.1) is 0 Å². The normalized spacial score (nSPS) is 11.0. The molecule has 0 amide bonds.